The molecule has 2 amide bonds. The molecule has 0 spiro atoms. The first-order valence-corrected chi connectivity index (χ1v) is 8.95. The largest absolute Gasteiger partial charge is 0.335 e. The van der Waals surface area contributed by atoms with Gasteiger partial charge in [-0.15, -0.1) is 12.4 Å². The number of benzene rings is 1. The minimum atomic E-state index is -0.304. The SMILES string of the molecule is Cl.O=C(Nc1ccc(F)cc1)NC1CCN(CC2CCNCC2)CC1. The fraction of sp³-hybridized carbons (Fsp3) is 0.611. The van der Waals surface area contributed by atoms with E-state index in [-0.39, 0.29) is 30.3 Å². The Balaban J connectivity index is 0.00000225. The molecule has 1 aromatic rings. The molecule has 0 atom stereocenters. The second-order valence-electron chi connectivity index (χ2n) is 6.87. The quantitative estimate of drug-likeness (QED) is 0.763. The molecule has 0 aliphatic carbocycles. The lowest BCUT2D eigenvalue weighted by molar-refractivity contribution is 0.159. The predicted molar refractivity (Wildman–Crippen MR) is 101 cm³/mol. The highest BCUT2D eigenvalue weighted by Crippen LogP contribution is 2.17. The van der Waals surface area contributed by atoms with Crippen molar-refractivity contribution in [2.75, 3.05) is 38.0 Å². The van der Waals surface area contributed by atoms with Gasteiger partial charge in [-0.1, -0.05) is 0 Å². The van der Waals surface area contributed by atoms with Gasteiger partial charge in [0.2, 0.25) is 0 Å². The first-order chi connectivity index (χ1) is 11.7. The van der Waals surface area contributed by atoms with Crippen LogP contribution in [0.25, 0.3) is 0 Å². The molecule has 7 heteroatoms. The molecule has 0 aromatic heterocycles. The van der Waals surface area contributed by atoms with Crippen LogP contribution in [0, 0.1) is 11.7 Å². The van der Waals surface area contributed by atoms with Gasteiger partial charge in [0, 0.05) is 31.4 Å². The van der Waals surface area contributed by atoms with Crippen LogP contribution in [0.5, 0.6) is 0 Å². The molecule has 5 nitrogen and oxygen atoms in total. The van der Waals surface area contributed by atoms with Gasteiger partial charge in [-0.2, -0.15) is 0 Å². The van der Waals surface area contributed by atoms with Crippen LogP contribution in [0.15, 0.2) is 24.3 Å². The van der Waals surface area contributed by atoms with Crippen molar-refractivity contribution in [1.29, 1.82) is 0 Å². The molecule has 2 saturated heterocycles. The molecule has 0 unspecified atom stereocenters. The summed E-state index contributed by atoms with van der Waals surface area (Å²) >= 11 is 0. The number of amides is 2. The summed E-state index contributed by atoms with van der Waals surface area (Å²) in [5.74, 6) is 0.514. The third-order valence-electron chi connectivity index (χ3n) is 5.00. The van der Waals surface area contributed by atoms with Crippen molar-refractivity contribution in [3.8, 4) is 0 Å². The summed E-state index contributed by atoms with van der Waals surface area (Å²) < 4.78 is 12.9. The summed E-state index contributed by atoms with van der Waals surface area (Å²) in [6.07, 6.45) is 4.53. The van der Waals surface area contributed by atoms with E-state index < -0.39 is 0 Å². The van der Waals surface area contributed by atoms with E-state index in [4.69, 9.17) is 0 Å². The number of hydrogen-bond acceptors (Lipinski definition) is 3. The Hall–Kier alpha value is -1.37. The minimum absolute atomic E-state index is 0. The molecule has 2 heterocycles. The normalized spacial score (nSPS) is 19.9. The number of rotatable bonds is 4. The fourth-order valence-corrected chi connectivity index (χ4v) is 3.58. The van der Waals surface area contributed by atoms with Crippen LogP contribution >= 0.6 is 12.4 Å². The number of likely N-dealkylation sites (tertiary alicyclic amines) is 1. The number of nitrogens with one attached hydrogen (secondary N) is 3. The maximum Gasteiger partial charge on any atom is 0.319 e. The van der Waals surface area contributed by atoms with Crippen molar-refractivity contribution in [2.45, 2.75) is 31.7 Å². The number of urea groups is 1. The second-order valence-corrected chi connectivity index (χ2v) is 6.87. The van der Waals surface area contributed by atoms with Gasteiger partial charge in [0.15, 0.2) is 0 Å². The first-order valence-electron chi connectivity index (χ1n) is 8.95. The van der Waals surface area contributed by atoms with Crippen molar-refractivity contribution in [3.05, 3.63) is 30.1 Å². The van der Waals surface area contributed by atoms with Crippen molar-refractivity contribution in [2.24, 2.45) is 5.92 Å². The number of nitrogens with zero attached hydrogens (tertiary/aromatic N) is 1. The van der Waals surface area contributed by atoms with Gasteiger partial charge in [0.25, 0.3) is 0 Å². The minimum Gasteiger partial charge on any atom is -0.335 e. The van der Waals surface area contributed by atoms with Gasteiger partial charge < -0.3 is 20.9 Å². The van der Waals surface area contributed by atoms with E-state index in [9.17, 15) is 9.18 Å². The lowest BCUT2D eigenvalue weighted by Crippen LogP contribution is -2.47. The molecule has 3 rings (SSSR count). The Bertz CT molecular complexity index is 528. The molecule has 0 saturated carbocycles. The third kappa shape index (κ3) is 6.45. The number of hydrogen-bond donors (Lipinski definition) is 3. The van der Waals surface area contributed by atoms with Gasteiger partial charge in [0.05, 0.1) is 0 Å². The first kappa shape index (κ1) is 19.9. The monoisotopic (exact) mass is 370 g/mol. The Morgan fingerprint density at radius 1 is 1.12 bits per heavy atom. The number of piperidine rings is 2. The van der Waals surface area contributed by atoms with E-state index >= 15 is 0 Å². The maximum atomic E-state index is 12.9. The average molecular weight is 371 g/mol. The lowest BCUT2D eigenvalue weighted by Gasteiger charge is -2.35. The topological polar surface area (TPSA) is 56.4 Å². The molecule has 140 valence electrons. The van der Waals surface area contributed by atoms with E-state index in [1.165, 1.54) is 31.5 Å². The maximum absolute atomic E-state index is 12.9. The number of carbonyl (C=O) groups excluding carboxylic acids is 1. The van der Waals surface area contributed by atoms with Crippen LogP contribution in [0.1, 0.15) is 25.7 Å². The van der Waals surface area contributed by atoms with Gasteiger partial charge in [-0.05, 0) is 69.0 Å². The van der Waals surface area contributed by atoms with Crippen molar-refractivity contribution in [1.82, 2.24) is 15.5 Å². The lowest BCUT2D eigenvalue weighted by atomic mass is 9.96. The Kier molecular flexibility index (Phi) is 7.93. The standard InChI is InChI=1S/C18H27FN4O.ClH/c19-15-1-3-16(4-2-15)21-18(24)22-17-7-11-23(12-8-17)13-14-5-9-20-10-6-14;/h1-4,14,17,20H,5-13H2,(H2,21,22,24);1H. The van der Waals surface area contributed by atoms with Gasteiger partial charge >= 0.3 is 6.03 Å². The van der Waals surface area contributed by atoms with Gasteiger partial charge in [-0.25, -0.2) is 9.18 Å². The van der Waals surface area contributed by atoms with Crippen molar-refractivity contribution in [3.63, 3.8) is 0 Å². The van der Waals surface area contributed by atoms with Gasteiger partial charge in [-0.3, -0.25) is 0 Å². The van der Waals surface area contributed by atoms with E-state index in [1.54, 1.807) is 12.1 Å². The predicted octanol–water partition coefficient (Wildman–Crippen LogP) is 2.83. The molecule has 0 bridgehead atoms. The summed E-state index contributed by atoms with van der Waals surface area (Å²) in [4.78, 5) is 14.6. The zero-order valence-electron chi connectivity index (χ0n) is 14.5. The number of anilines is 1. The molecule has 2 aliphatic rings. The molecule has 0 radical (unpaired) electrons. The molecular weight excluding hydrogens is 343 g/mol. The van der Waals surface area contributed by atoms with Gasteiger partial charge in [0.1, 0.15) is 5.82 Å². The highest BCUT2D eigenvalue weighted by Gasteiger charge is 2.23. The second kappa shape index (κ2) is 9.94. The zero-order valence-corrected chi connectivity index (χ0v) is 15.3. The highest BCUT2D eigenvalue weighted by atomic mass is 35.5. The summed E-state index contributed by atoms with van der Waals surface area (Å²) in [5.41, 5.74) is 0.609. The Labute approximate surface area is 155 Å². The van der Waals surface area contributed by atoms with Crippen molar-refractivity contribution >= 4 is 24.1 Å². The third-order valence-corrected chi connectivity index (χ3v) is 5.00. The van der Waals surface area contributed by atoms with Crippen LogP contribution in [0.2, 0.25) is 0 Å². The Morgan fingerprint density at radius 2 is 1.76 bits per heavy atom. The van der Waals surface area contributed by atoms with Crippen LogP contribution < -0.4 is 16.0 Å². The summed E-state index contributed by atoms with van der Waals surface area (Å²) in [5, 5.41) is 9.19. The van der Waals surface area contributed by atoms with E-state index in [1.807, 2.05) is 0 Å². The summed E-state index contributed by atoms with van der Waals surface area (Å²) in [7, 11) is 0. The molecule has 25 heavy (non-hydrogen) atoms. The zero-order chi connectivity index (χ0) is 16.8. The fourth-order valence-electron chi connectivity index (χ4n) is 3.58. The molecule has 2 fully saturated rings. The number of carbonyl (C=O) groups is 1. The van der Waals surface area contributed by atoms with Crippen LogP contribution in [-0.4, -0.2) is 49.7 Å². The average Bonchev–Trinajstić information content (AvgIpc) is 2.60. The molecule has 1 aromatic carbocycles. The highest BCUT2D eigenvalue weighted by molar-refractivity contribution is 5.89. The van der Waals surface area contributed by atoms with E-state index in [0.29, 0.717) is 5.69 Å². The number of halogens is 2. The summed E-state index contributed by atoms with van der Waals surface area (Å²) in [6, 6.07) is 5.82. The molecule has 3 N–H and O–H groups in total. The van der Waals surface area contributed by atoms with E-state index in [2.05, 4.69) is 20.9 Å². The summed E-state index contributed by atoms with van der Waals surface area (Å²) in [6.45, 7) is 5.57. The van der Waals surface area contributed by atoms with E-state index in [0.717, 1.165) is 44.9 Å². The van der Waals surface area contributed by atoms with Crippen LogP contribution in [-0.2, 0) is 0 Å². The van der Waals surface area contributed by atoms with Crippen molar-refractivity contribution < 1.29 is 9.18 Å². The van der Waals surface area contributed by atoms with Crippen LogP contribution in [0.3, 0.4) is 0 Å². The Morgan fingerprint density at radius 3 is 2.40 bits per heavy atom. The van der Waals surface area contributed by atoms with Crippen LogP contribution in [0.4, 0.5) is 14.9 Å². The smallest absolute Gasteiger partial charge is 0.319 e. The molecule has 2 aliphatic heterocycles. The molecular formula is C18H28ClFN4O.